The fourth-order valence-corrected chi connectivity index (χ4v) is 1.90. The highest BCUT2D eigenvalue weighted by Crippen LogP contribution is 2.27. The number of carbonyl (C=O) groups excluding carboxylic acids is 1. The number of hydrogen-bond acceptors (Lipinski definition) is 3. The standard InChI is InChI=1S/C14H18N2O3/c1-9-6-11(4-5-12(9)14(18)19)16-13(17)8-15-7-10-2-3-10/h4-6,10,15H,2-3,7-8H2,1H3,(H,16,17)(H,18,19). The van der Waals surface area contributed by atoms with Crippen molar-refractivity contribution in [2.75, 3.05) is 18.4 Å². The number of hydrogen-bond donors (Lipinski definition) is 3. The van der Waals surface area contributed by atoms with Crippen molar-refractivity contribution < 1.29 is 14.7 Å². The summed E-state index contributed by atoms with van der Waals surface area (Å²) in [6.07, 6.45) is 2.51. The van der Waals surface area contributed by atoms with E-state index >= 15 is 0 Å². The van der Waals surface area contributed by atoms with E-state index in [0.717, 1.165) is 12.5 Å². The molecule has 0 unspecified atom stereocenters. The zero-order chi connectivity index (χ0) is 13.8. The Morgan fingerprint density at radius 2 is 2.11 bits per heavy atom. The van der Waals surface area contributed by atoms with Crippen LogP contribution in [-0.4, -0.2) is 30.1 Å². The molecule has 3 N–H and O–H groups in total. The lowest BCUT2D eigenvalue weighted by molar-refractivity contribution is -0.115. The molecule has 0 aliphatic heterocycles. The van der Waals surface area contributed by atoms with E-state index in [1.54, 1.807) is 19.1 Å². The van der Waals surface area contributed by atoms with Gasteiger partial charge in [-0.05, 0) is 56.0 Å². The summed E-state index contributed by atoms with van der Waals surface area (Å²) in [5, 5.41) is 14.8. The van der Waals surface area contributed by atoms with Crippen LogP contribution in [0, 0.1) is 12.8 Å². The van der Waals surface area contributed by atoms with Gasteiger partial charge in [0.05, 0.1) is 12.1 Å². The Bertz CT molecular complexity index is 495. The first kappa shape index (κ1) is 13.5. The van der Waals surface area contributed by atoms with Gasteiger partial charge in [0, 0.05) is 5.69 Å². The van der Waals surface area contributed by atoms with Crippen molar-refractivity contribution in [1.82, 2.24) is 5.32 Å². The van der Waals surface area contributed by atoms with Crippen LogP contribution in [-0.2, 0) is 4.79 Å². The molecule has 1 aliphatic rings. The first-order chi connectivity index (χ1) is 9.06. The molecule has 102 valence electrons. The summed E-state index contributed by atoms with van der Waals surface area (Å²) in [6.45, 7) is 2.89. The minimum Gasteiger partial charge on any atom is -0.478 e. The van der Waals surface area contributed by atoms with E-state index in [0.29, 0.717) is 11.3 Å². The SMILES string of the molecule is Cc1cc(NC(=O)CNCC2CC2)ccc1C(=O)O. The van der Waals surface area contributed by atoms with E-state index < -0.39 is 5.97 Å². The van der Waals surface area contributed by atoms with Crippen LogP contribution in [0.2, 0.25) is 0 Å². The molecule has 1 fully saturated rings. The third-order valence-electron chi connectivity index (χ3n) is 3.16. The number of benzene rings is 1. The number of aryl methyl sites for hydroxylation is 1. The van der Waals surface area contributed by atoms with Gasteiger partial charge >= 0.3 is 5.97 Å². The van der Waals surface area contributed by atoms with Gasteiger partial charge in [0.15, 0.2) is 0 Å². The van der Waals surface area contributed by atoms with Crippen molar-refractivity contribution in [3.63, 3.8) is 0 Å². The predicted octanol–water partition coefficient (Wildman–Crippen LogP) is 1.63. The third-order valence-corrected chi connectivity index (χ3v) is 3.16. The van der Waals surface area contributed by atoms with Gasteiger partial charge in [-0.25, -0.2) is 4.79 Å². The van der Waals surface area contributed by atoms with Crippen molar-refractivity contribution >= 4 is 17.6 Å². The largest absolute Gasteiger partial charge is 0.478 e. The summed E-state index contributed by atoms with van der Waals surface area (Å²) < 4.78 is 0. The molecular weight excluding hydrogens is 244 g/mol. The molecule has 5 heteroatoms. The summed E-state index contributed by atoms with van der Waals surface area (Å²) in [5.74, 6) is -0.325. The van der Waals surface area contributed by atoms with Crippen molar-refractivity contribution in [3.8, 4) is 0 Å². The molecule has 1 amide bonds. The summed E-state index contributed by atoms with van der Waals surface area (Å²) in [4.78, 5) is 22.5. The van der Waals surface area contributed by atoms with Crippen LogP contribution >= 0.6 is 0 Å². The molecule has 0 atom stereocenters. The van der Waals surface area contributed by atoms with Crippen LogP contribution in [0.25, 0.3) is 0 Å². The Kier molecular flexibility index (Phi) is 4.16. The molecule has 2 rings (SSSR count). The molecule has 19 heavy (non-hydrogen) atoms. The molecule has 0 radical (unpaired) electrons. The van der Waals surface area contributed by atoms with Crippen molar-refractivity contribution in [2.24, 2.45) is 5.92 Å². The summed E-state index contributed by atoms with van der Waals surface area (Å²) in [5.41, 5.74) is 1.52. The van der Waals surface area contributed by atoms with Gasteiger partial charge in [-0.2, -0.15) is 0 Å². The molecule has 0 heterocycles. The Morgan fingerprint density at radius 1 is 1.37 bits per heavy atom. The van der Waals surface area contributed by atoms with E-state index in [9.17, 15) is 9.59 Å². The lowest BCUT2D eigenvalue weighted by atomic mass is 10.1. The van der Waals surface area contributed by atoms with E-state index in [2.05, 4.69) is 10.6 Å². The van der Waals surface area contributed by atoms with Crippen LogP contribution in [0.3, 0.4) is 0 Å². The predicted molar refractivity (Wildman–Crippen MR) is 72.4 cm³/mol. The monoisotopic (exact) mass is 262 g/mol. The molecule has 1 aliphatic carbocycles. The second kappa shape index (κ2) is 5.84. The average Bonchev–Trinajstić information content (AvgIpc) is 3.12. The number of rotatable bonds is 6. The normalized spacial score (nSPS) is 14.2. The van der Waals surface area contributed by atoms with Gasteiger partial charge in [-0.3, -0.25) is 4.79 Å². The van der Waals surface area contributed by atoms with Crippen LogP contribution in [0.15, 0.2) is 18.2 Å². The first-order valence-corrected chi connectivity index (χ1v) is 6.41. The van der Waals surface area contributed by atoms with E-state index in [1.165, 1.54) is 18.9 Å². The van der Waals surface area contributed by atoms with Gasteiger partial charge < -0.3 is 15.7 Å². The molecule has 1 saturated carbocycles. The summed E-state index contributed by atoms with van der Waals surface area (Å²) in [6, 6.07) is 4.78. The maximum Gasteiger partial charge on any atom is 0.335 e. The Hall–Kier alpha value is -1.88. The Balaban J connectivity index is 1.85. The van der Waals surface area contributed by atoms with Crippen molar-refractivity contribution in [3.05, 3.63) is 29.3 Å². The average molecular weight is 262 g/mol. The quantitative estimate of drug-likeness (QED) is 0.728. The molecule has 0 spiro atoms. The molecule has 5 nitrogen and oxygen atoms in total. The maximum absolute atomic E-state index is 11.7. The number of amides is 1. The zero-order valence-corrected chi connectivity index (χ0v) is 10.9. The number of aromatic carboxylic acids is 1. The lowest BCUT2D eigenvalue weighted by Crippen LogP contribution is -2.29. The van der Waals surface area contributed by atoms with Gasteiger partial charge in [0.1, 0.15) is 0 Å². The zero-order valence-electron chi connectivity index (χ0n) is 10.9. The number of nitrogens with one attached hydrogen (secondary N) is 2. The number of carbonyl (C=O) groups is 2. The Morgan fingerprint density at radius 3 is 2.68 bits per heavy atom. The minimum atomic E-state index is -0.957. The lowest BCUT2D eigenvalue weighted by Gasteiger charge is -2.08. The van der Waals surface area contributed by atoms with E-state index in [-0.39, 0.29) is 18.0 Å². The van der Waals surface area contributed by atoms with E-state index in [4.69, 9.17) is 5.11 Å². The topological polar surface area (TPSA) is 78.4 Å². The summed E-state index contributed by atoms with van der Waals surface area (Å²) >= 11 is 0. The number of carboxylic acid groups (broad SMARTS) is 1. The highest BCUT2D eigenvalue weighted by atomic mass is 16.4. The Labute approximate surface area is 112 Å². The van der Waals surface area contributed by atoms with Gasteiger partial charge in [-0.15, -0.1) is 0 Å². The van der Waals surface area contributed by atoms with Gasteiger partial charge in [0.2, 0.25) is 5.91 Å². The maximum atomic E-state index is 11.7. The second-order valence-electron chi connectivity index (χ2n) is 4.96. The number of carboxylic acids is 1. The van der Waals surface area contributed by atoms with Crippen LogP contribution in [0.4, 0.5) is 5.69 Å². The van der Waals surface area contributed by atoms with Crippen molar-refractivity contribution in [1.29, 1.82) is 0 Å². The smallest absolute Gasteiger partial charge is 0.335 e. The molecule has 0 aromatic heterocycles. The minimum absolute atomic E-state index is 0.108. The van der Waals surface area contributed by atoms with Gasteiger partial charge in [-0.1, -0.05) is 0 Å². The van der Waals surface area contributed by atoms with Gasteiger partial charge in [0.25, 0.3) is 0 Å². The highest BCUT2D eigenvalue weighted by molar-refractivity contribution is 5.94. The van der Waals surface area contributed by atoms with Crippen LogP contribution in [0.1, 0.15) is 28.8 Å². The first-order valence-electron chi connectivity index (χ1n) is 6.41. The van der Waals surface area contributed by atoms with Crippen LogP contribution < -0.4 is 10.6 Å². The number of anilines is 1. The fourth-order valence-electron chi connectivity index (χ4n) is 1.90. The molecule has 0 saturated heterocycles. The highest BCUT2D eigenvalue weighted by Gasteiger charge is 2.20. The second-order valence-corrected chi connectivity index (χ2v) is 4.96. The van der Waals surface area contributed by atoms with Crippen LogP contribution in [0.5, 0.6) is 0 Å². The van der Waals surface area contributed by atoms with Crippen molar-refractivity contribution in [2.45, 2.75) is 19.8 Å². The molecule has 0 bridgehead atoms. The van der Waals surface area contributed by atoms with E-state index in [1.807, 2.05) is 0 Å². The molecule has 1 aromatic rings. The summed E-state index contributed by atoms with van der Waals surface area (Å²) in [7, 11) is 0. The molecule has 1 aromatic carbocycles. The molecular formula is C14H18N2O3. The fraction of sp³-hybridized carbons (Fsp3) is 0.429. The third kappa shape index (κ3) is 4.06.